The number of hydrogen-bond acceptors (Lipinski definition) is 4. The summed E-state index contributed by atoms with van der Waals surface area (Å²) in [5.41, 5.74) is -0.155. The van der Waals surface area contributed by atoms with Crippen molar-refractivity contribution in [2.75, 3.05) is 19.7 Å². The molecule has 2 aliphatic rings. The van der Waals surface area contributed by atoms with Crippen LogP contribution in [0.15, 0.2) is 39.5 Å². The quantitative estimate of drug-likeness (QED) is 0.682. The summed E-state index contributed by atoms with van der Waals surface area (Å²) in [5.74, 6) is -0.164. The number of hydrogen-bond donors (Lipinski definition) is 1. The number of quaternary nitrogens is 1. The van der Waals surface area contributed by atoms with Gasteiger partial charge in [0, 0.05) is 11.3 Å². The van der Waals surface area contributed by atoms with E-state index in [2.05, 4.69) is 0 Å². The van der Waals surface area contributed by atoms with Crippen LogP contribution in [0.4, 0.5) is 0 Å². The molecule has 1 aromatic heterocycles. The van der Waals surface area contributed by atoms with Crippen molar-refractivity contribution in [3.8, 4) is 0 Å². The Kier molecular flexibility index (Phi) is 4.57. The lowest BCUT2D eigenvalue weighted by molar-refractivity contribution is -0.940. The summed E-state index contributed by atoms with van der Waals surface area (Å²) in [6.07, 6.45) is 6.08. The first-order valence-corrected chi connectivity index (χ1v) is 9.27. The molecule has 0 aliphatic carbocycles. The highest BCUT2D eigenvalue weighted by Crippen LogP contribution is 2.21. The van der Waals surface area contributed by atoms with Gasteiger partial charge in [-0.2, -0.15) is 0 Å². The molecule has 3 atom stereocenters. The van der Waals surface area contributed by atoms with E-state index >= 15 is 0 Å². The van der Waals surface area contributed by atoms with Crippen LogP contribution in [0.2, 0.25) is 0 Å². The zero-order valence-electron chi connectivity index (χ0n) is 14.3. The molecule has 4 rings (SSSR count). The van der Waals surface area contributed by atoms with Crippen LogP contribution in [-0.4, -0.2) is 31.7 Å². The highest BCUT2D eigenvalue weighted by atomic mass is 16.5. The average Bonchev–Trinajstić information content (AvgIpc) is 2.65. The molecule has 5 nitrogen and oxygen atoms in total. The fraction of sp³-hybridized carbons (Fsp3) is 0.500. The zero-order valence-corrected chi connectivity index (χ0v) is 14.3. The first kappa shape index (κ1) is 16.3. The Hall–Kier alpha value is -2.14. The molecule has 2 saturated heterocycles. The SMILES string of the molecule is O=C(OC[C@@H]1CCC[NH+]2CCCC[C@H]12)c1cc2ccccc2oc1=O. The summed E-state index contributed by atoms with van der Waals surface area (Å²) in [4.78, 5) is 26.2. The van der Waals surface area contributed by atoms with Crippen LogP contribution in [0.3, 0.4) is 0 Å². The van der Waals surface area contributed by atoms with Crippen molar-refractivity contribution in [2.45, 2.75) is 38.1 Å². The van der Waals surface area contributed by atoms with Gasteiger partial charge in [-0.1, -0.05) is 18.2 Å². The molecule has 1 aromatic carbocycles. The fourth-order valence-corrected chi connectivity index (χ4v) is 4.44. The standard InChI is InChI=1S/C20H23NO4/c22-19(16-12-14-6-1-2-9-18(14)25-20(16)23)24-13-15-7-5-11-21-10-4-3-8-17(15)21/h1-2,6,9,12,15,17H,3-5,7-8,10-11,13H2/p+1/t15-,17+/m0/s1. The second-order valence-electron chi connectivity index (χ2n) is 7.25. The summed E-state index contributed by atoms with van der Waals surface area (Å²) in [7, 11) is 0. The molecule has 0 bridgehead atoms. The van der Waals surface area contributed by atoms with E-state index in [9.17, 15) is 9.59 Å². The molecular formula is C20H24NO4+. The largest absolute Gasteiger partial charge is 0.461 e. The molecule has 0 radical (unpaired) electrons. The Morgan fingerprint density at radius 1 is 1.16 bits per heavy atom. The molecule has 3 heterocycles. The first-order chi connectivity index (χ1) is 12.2. The van der Waals surface area contributed by atoms with E-state index in [1.165, 1.54) is 38.8 Å². The summed E-state index contributed by atoms with van der Waals surface area (Å²) in [6, 6.07) is 9.35. The summed E-state index contributed by atoms with van der Waals surface area (Å²) >= 11 is 0. The molecule has 1 unspecified atom stereocenters. The number of benzene rings is 1. The summed E-state index contributed by atoms with van der Waals surface area (Å²) in [6.45, 7) is 2.88. The minimum absolute atomic E-state index is 0.0117. The number of fused-ring (bicyclic) bond motifs is 2. The van der Waals surface area contributed by atoms with Crippen LogP contribution in [0.1, 0.15) is 42.5 Å². The van der Waals surface area contributed by atoms with E-state index < -0.39 is 11.6 Å². The van der Waals surface area contributed by atoms with Gasteiger partial charge >= 0.3 is 11.6 Å². The number of piperidine rings is 2. The van der Waals surface area contributed by atoms with Gasteiger partial charge in [0.1, 0.15) is 17.8 Å². The molecule has 5 heteroatoms. The molecule has 1 N–H and O–H groups in total. The van der Waals surface area contributed by atoms with Crippen LogP contribution in [-0.2, 0) is 4.74 Å². The van der Waals surface area contributed by atoms with Gasteiger partial charge in [0.15, 0.2) is 0 Å². The van der Waals surface area contributed by atoms with E-state index in [1.54, 1.807) is 23.1 Å². The van der Waals surface area contributed by atoms with Crippen molar-refractivity contribution >= 4 is 16.9 Å². The van der Waals surface area contributed by atoms with E-state index in [0.29, 0.717) is 24.1 Å². The fourth-order valence-electron chi connectivity index (χ4n) is 4.44. The molecule has 0 amide bonds. The molecule has 2 aromatic rings. The molecule has 0 saturated carbocycles. The topological polar surface area (TPSA) is 61.0 Å². The molecule has 2 fully saturated rings. The van der Waals surface area contributed by atoms with E-state index in [-0.39, 0.29) is 5.56 Å². The van der Waals surface area contributed by atoms with Crippen LogP contribution in [0, 0.1) is 5.92 Å². The minimum Gasteiger partial charge on any atom is -0.461 e. The Morgan fingerprint density at radius 3 is 2.92 bits per heavy atom. The van der Waals surface area contributed by atoms with E-state index in [4.69, 9.17) is 9.15 Å². The van der Waals surface area contributed by atoms with Crippen LogP contribution in [0.5, 0.6) is 0 Å². The third kappa shape index (κ3) is 3.33. The van der Waals surface area contributed by atoms with Crippen molar-refractivity contribution in [2.24, 2.45) is 5.92 Å². The normalized spacial score (nSPS) is 26.2. The Bertz CT molecular complexity index is 826. The van der Waals surface area contributed by atoms with Crippen molar-refractivity contribution in [3.05, 3.63) is 46.3 Å². The highest BCUT2D eigenvalue weighted by Gasteiger charge is 2.37. The maximum Gasteiger partial charge on any atom is 0.351 e. The maximum absolute atomic E-state index is 12.4. The first-order valence-electron chi connectivity index (χ1n) is 9.27. The monoisotopic (exact) mass is 342 g/mol. The van der Waals surface area contributed by atoms with E-state index in [1.807, 2.05) is 12.1 Å². The lowest BCUT2D eigenvalue weighted by Crippen LogP contribution is -3.18. The molecular weight excluding hydrogens is 318 g/mol. The van der Waals surface area contributed by atoms with Crippen molar-refractivity contribution in [3.63, 3.8) is 0 Å². The zero-order chi connectivity index (χ0) is 17.2. The second kappa shape index (κ2) is 7.00. The number of ether oxygens (including phenoxy) is 1. The molecule has 132 valence electrons. The van der Waals surface area contributed by atoms with Gasteiger partial charge in [0.2, 0.25) is 0 Å². The average molecular weight is 342 g/mol. The molecule has 0 spiro atoms. The number of carbonyl (C=O) groups is 1. The van der Waals surface area contributed by atoms with Crippen LogP contribution >= 0.6 is 0 Å². The van der Waals surface area contributed by atoms with Gasteiger partial charge < -0.3 is 14.1 Å². The minimum atomic E-state index is -0.628. The lowest BCUT2D eigenvalue weighted by atomic mass is 9.84. The van der Waals surface area contributed by atoms with Crippen molar-refractivity contribution < 1.29 is 18.8 Å². The Balaban J connectivity index is 1.47. The van der Waals surface area contributed by atoms with Gasteiger partial charge in [0.25, 0.3) is 0 Å². The number of rotatable bonds is 3. The predicted molar refractivity (Wildman–Crippen MR) is 93.8 cm³/mol. The van der Waals surface area contributed by atoms with Crippen molar-refractivity contribution in [1.82, 2.24) is 0 Å². The van der Waals surface area contributed by atoms with Gasteiger partial charge in [0.05, 0.1) is 19.1 Å². The predicted octanol–water partition coefficient (Wildman–Crippen LogP) is 1.80. The number of carbonyl (C=O) groups excluding carboxylic acids is 1. The van der Waals surface area contributed by atoms with Crippen LogP contribution < -0.4 is 10.5 Å². The Morgan fingerprint density at radius 2 is 2.00 bits per heavy atom. The highest BCUT2D eigenvalue weighted by molar-refractivity contribution is 5.92. The third-order valence-electron chi connectivity index (χ3n) is 5.72. The van der Waals surface area contributed by atoms with Gasteiger partial charge in [-0.25, -0.2) is 9.59 Å². The second-order valence-corrected chi connectivity index (χ2v) is 7.25. The third-order valence-corrected chi connectivity index (χ3v) is 5.72. The molecule has 2 aliphatic heterocycles. The van der Waals surface area contributed by atoms with Crippen LogP contribution in [0.25, 0.3) is 11.0 Å². The van der Waals surface area contributed by atoms with Gasteiger partial charge in [-0.3, -0.25) is 0 Å². The van der Waals surface area contributed by atoms with E-state index in [0.717, 1.165) is 11.8 Å². The van der Waals surface area contributed by atoms with Gasteiger partial charge in [-0.05, 0) is 44.2 Å². The number of para-hydroxylation sites is 1. The van der Waals surface area contributed by atoms with Gasteiger partial charge in [-0.15, -0.1) is 0 Å². The maximum atomic E-state index is 12.4. The smallest absolute Gasteiger partial charge is 0.351 e. The summed E-state index contributed by atoms with van der Waals surface area (Å²) in [5, 5.41) is 0.731. The Labute approximate surface area is 146 Å². The number of nitrogens with one attached hydrogen (secondary N) is 1. The van der Waals surface area contributed by atoms with Crippen molar-refractivity contribution in [1.29, 1.82) is 0 Å². The number of esters is 1. The lowest BCUT2D eigenvalue weighted by Gasteiger charge is -2.40. The molecule has 25 heavy (non-hydrogen) atoms. The summed E-state index contributed by atoms with van der Waals surface area (Å²) < 4.78 is 10.8.